The average molecular weight is 229 g/mol. The monoisotopic (exact) mass is 229 g/mol. The molecule has 0 unspecified atom stereocenters. The van der Waals surface area contributed by atoms with E-state index in [4.69, 9.17) is 0 Å². The van der Waals surface area contributed by atoms with E-state index in [0.29, 0.717) is 6.42 Å². The predicted molar refractivity (Wildman–Crippen MR) is 56.2 cm³/mol. The molecular weight excluding hydrogens is 216 g/mol. The summed E-state index contributed by atoms with van der Waals surface area (Å²) < 4.78 is 34.7. The quantitative estimate of drug-likeness (QED) is 0.864. The van der Waals surface area contributed by atoms with Crippen molar-refractivity contribution in [2.45, 2.75) is 26.6 Å². The van der Waals surface area contributed by atoms with Gasteiger partial charge in [0.15, 0.2) is 11.5 Å². The Bertz CT molecular complexity index is 407. The fourth-order valence-electron chi connectivity index (χ4n) is 1.77. The number of rotatable bonds is 3. The molecular formula is C11H13F2NO2. The zero-order valence-corrected chi connectivity index (χ0v) is 9.14. The van der Waals surface area contributed by atoms with Crippen LogP contribution < -0.4 is 14.8 Å². The smallest absolute Gasteiger partial charge is 0.395 e. The summed E-state index contributed by atoms with van der Waals surface area (Å²) in [5, 5.41) is 3.10. The third-order valence-electron chi connectivity index (χ3n) is 2.39. The fourth-order valence-corrected chi connectivity index (χ4v) is 1.77. The fraction of sp³-hybridized carbons (Fsp3) is 0.455. The van der Waals surface area contributed by atoms with Crippen LogP contribution in [0.15, 0.2) is 12.1 Å². The first-order valence-electron chi connectivity index (χ1n) is 5.23. The van der Waals surface area contributed by atoms with Crippen molar-refractivity contribution in [3.63, 3.8) is 0 Å². The van der Waals surface area contributed by atoms with Gasteiger partial charge in [-0.05, 0) is 25.5 Å². The van der Waals surface area contributed by atoms with E-state index in [1.165, 1.54) is 6.07 Å². The summed E-state index contributed by atoms with van der Waals surface area (Å²) in [6.07, 6.45) is -2.94. The van der Waals surface area contributed by atoms with Gasteiger partial charge in [0.05, 0.1) is 0 Å². The summed E-state index contributed by atoms with van der Waals surface area (Å²) in [6, 6.07) is 3.22. The zero-order valence-electron chi connectivity index (χ0n) is 9.14. The summed E-state index contributed by atoms with van der Waals surface area (Å²) in [5.41, 5.74) is 1.53. The Balaban J connectivity index is 2.43. The molecule has 0 bridgehead atoms. The number of hydrogen-bond donors (Lipinski definition) is 1. The summed E-state index contributed by atoms with van der Waals surface area (Å²) in [5.74, 6) is 0.245. The molecule has 5 heteroatoms. The number of hydrogen-bond acceptors (Lipinski definition) is 3. The number of halogens is 2. The van der Waals surface area contributed by atoms with Crippen LogP contribution in [0.25, 0.3) is 0 Å². The van der Waals surface area contributed by atoms with Gasteiger partial charge in [0.25, 0.3) is 0 Å². The van der Waals surface area contributed by atoms with E-state index in [2.05, 4.69) is 14.8 Å². The molecule has 1 aromatic rings. The van der Waals surface area contributed by atoms with E-state index in [1.54, 1.807) is 6.07 Å². The van der Waals surface area contributed by atoms with Gasteiger partial charge < -0.3 is 14.8 Å². The van der Waals surface area contributed by atoms with Gasteiger partial charge in [-0.25, -0.2) is 0 Å². The molecule has 1 N–H and O–H groups in total. The van der Waals surface area contributed by atoms with Crippen LogP contribution >= 0.6 is 0 Å². The zero-order chi connectivity index (χ0) is 11.8. The maximum Gasteiger partial charge on any atom is 0.586 e. The molecule has 0 atom stereocenters. The van der Waals surface area contributed by atoms with E-state index >= 15 is 0 Å². The molecule has 0 amide bonds. The minimum atomic E-state index is -3.54. The highest BCUT2D eigenvalue weighted by atomic mass is 19.3. The van der Waals surface area contributed by atoms with Gasteiger partial charge in [-0.15, -0.1) is 8.78 Å². The van der Waals surface area contributed by atoms with Crippen molar-refractivity contribution in [3.05, 3.63) is 17.7 Å². The first-order valence-corrected chi connectivity index (χ1v) is 5.23. The van der Waals surface area contributed by atoms with Crippen molar-refractivity contribution in [3.8, 4) is 11.5 Å². The number of fused-ring (bicyclic) bond motifs is 1. The minimum Gasteiger partial charge on any atom is -0.395 e. The van der Waals surface area contributed by atoms with Crippen LogP contribution in [0.5, 0.6) is 11.5 Å². The van der Waals surface area contributed by atoms with Crippen LogP contribution in [0.1, 0.15) is 19.4 Å². The van der Waals surface area contributed by atoms with E-state index in [1.807, 2.05) is 13.8 Å². The molecule has 0 aromatic heterocycles. The van der Waals surface area contributed by atoms with Crippen LogP contribution in [0.4, 0.5) is 14.5 Å². The van der Waals surface area contributed by atoms with Crippen LogP contribution in [-0.4, -0.2) is 12.8 Å². The molecule has 0 radical (unpaired) electrons. The molecule has 1 heterocycles. The lowest BCUT2D eigenvalue weighted by molar-refractivity contribution is -0.286. The topological polar surface area (TPSA) is 30.5 Å². The van der Waals surface area contributed by atoms with Gasteiger partial charge in [0.1, 0.15) is 0 Å². The number of benzene rings is 1. The maximum atomic E-state index is 12.9. The molecule has 88 valence electrons. The van der Waals surface area contributed by atoms with Gasteiger partial charge in [-0.3, -0.25) is 0 Å². The van der Waals surface area contributed by atoms with Crippen LogP contribution in [0.3, 0.4) is 0 Å². The molecule has 2 rings (SSSR count). The second-order valence-electron chi connectivity index (χ2n) is 3.47. The molecule has 0 saturated heterocycles. The molecule has 1 aromatic carbocycles. The summed E-state index contributed by atoms with van der Waals surface area (Å²) in [4.78, 5) is 0. The van der Waals surface area contributed by atoms with E-state index < -0.39 is 6.29 Å². The van der Waals surface area contributed by atoms with Crippen molar-refractivity contribution >= 4 is 5.69 Å². The van der Waals surface area contributed by atoms with Crippen molar-refractivity contribution in [2.24, 2.45) is 0 Å². The highest BCUT2D eigenvalue weighted by Crippen LogP contribution is 2.45. The Morgan fingerprint density at radius 1 is 1.25 bits per heavy atom. The largest absolute Gasteiger partial charge is 0.586 e. The molecule has 1 aliphatic rings. The molecule has 0 fully saturated rings. The van der Waals surface area contributed by atoms with E-state index in [0.717, 1.165) is 17.8 Å². The number of ether oxygens (including phenoxy) is 2. The number of anilines is 1. The van der Waals surface area contributed by atoms with Crippen LogP contribution in [0.2, 0.25) is 0 Å². The molecule has 1 aliphatic heterocycles. The number of alkyl halides is 2. The Morgan fingerprint density at radius 2 is 2.00 bits per heavy atom. The van der Waals surface area contributed by atoms with E-state index in [9.17, 15) is 8.78 Å². The molecule has 0 spiro atoms. The van der Waals surface area contributed by atoms with Crippen molar-refractivity contribution < 1.29 is 18.3 Å². The molecule has 16 heavy (non-hydrogen) atoms. The SMILES string of the molecule is CCNc1ccc2c(c1CC)OC(F)(F)O2. The van der Waals surface area contributed by atoms with Crippen LogP contribution in [0, 0.1) is 0 Å². The third kappa shape index (κ3) is 1.77. The lowest BCUT2D eigenvalue weighted by Crippen LogP contribution is -2.26. The highest BCUT2D eigenvalue weighted by molar-refractivity contribution is 5.63. The average Bonchev–Trinajstić information content (AvgIpc) is 2.52. The third-order valence-corrected chi connectivity index (χ3v) is 2.39. The Hall–Kier alpha value is -1.52. The standard InChI is InChI=1S/C11H13F2NO2/c1-3-7-8(14-4-2)5-6-9-10(7)16-11(12,13)15-9/h5-6,14H,3-4H2,1-2H3. The van der Waals surface area contributed by atoms with Crippen molar-refractivity contribution in [2.75, 3.05) is 11.9 Å². The Labute approximate surface area is 92.4 Å². The predicted octanol–water partition coefficient (Wildman–Crippen LogP) is 3.00. The normalized spacial score (nSPS) is 16.2. The van der Waals surface area contributed by atoms with Gasteiger partial charge in [-0.1, -0.05) is 6.92 Å². The van der Waals surface area contributed by atoms with Crippen molar-refractivity contribution in [1.82, 2.24) is 0 Å². The van der Waals surface area contributed by atoms with Crippen molar-refractivity contribution in [1.29, 1.82) is 0 Å². The maximum absolute atomic E-state index is 12.9. The Morgan fingerprint density at radius 3 is 2.62 bits per heavy atom. The molecule has 0 aliphatic carbocycles. The number of nitrogens with one attached hydrogen (secondary N) is 1. The summed E-state index contributed by atoms with van der Waals surface area (Å²) >= 11 is 0. The van der Waals surface area contributed by atoms with Gasteiger partial charge in [-0.2, -0.15) is 0 Å². The molecule has 3 nitrogen and oxygen atoms in total. The lowest BCUT2D eigenvalue weighted by Gasteiger charge is -2.11. The first kappa shape index (κ1) is 11.0. The highest BCUT2D eigenvalue weighted by Gasteiger charge is 2.44. The first-order chi connectivity index (χ1) is 7.57. The van der Waals surface area contributed by atoms with Gasteiger partial charge in [0.2, 0.25) is 0 Å². The Kier molecular flexibility index (Phi) is 2.61. The van der Waals surface area contributed by atoms with Gasteiger partial charge in [0, 0.05) is 17.8 Å². The lowest BCUT2D eigenvalue weighted by atomic mass is 10.1. The van der Waals surface area contributed by atoms with E-state index in [-0.39, 0.29) is 11.5 Å². The second kappa shape index (κ2) is 3.81. The summed E-state index contributed by atoms with van der Waals surface area (Å²) in [6.45, 7) is 4.55. The van der Waals surface area contributed by atoms with Crippen LogP contribution in [-0.2, 0) is 6.42 Å². The molecule has 0 saturated carbocycles. The summed E-state index contributed by atoms with van der Waals surface area (Å²) in [7, 11) is 0. The second-order valence-corrected chi connectivity index (χ2v) is 3.47. The minimum absolute atomic E-state index is 0.100. The van der Waals surface area contributed by atoms with Gasteiger partial charge >= 0.3 is 6.29 Å².